The van der Waals surface area contributed by atoms with Crippen LogP contribution < -0.4 is 5.32 Å². The zero-order valence-electron chi connectivity index (χ0n) is 10.3. The van der Waals surface area contributed by atoms with Gasteiger partial charge in [0.2, 0.25) is 5.91 Å². The minimum Gasteiger partial charge on any atom is -0.465 e. The first-order chi connectivity index (χ1) is 9.02. The van der Waals surface area contributed by atoms with E-state index in [2.05, 4.69) is 5.32 Å². The molecule has 2 atom stereocenters. The third-order valence-electron chi connectivity index (χ3n) is 3.03. The zero-order chi connectivity index (χ0) is 14.0. The summed E-state index contributed by atoms with van der Waals surface area (Å²) in [6, 6.07) is 2.99. The molecular formula is C13H13F2NO3. The SMILES string of the molecule is CCOC(=O)C1C(=O)NCC1c1cc(F)cc(F)c1. The highest BCUT2D eigenvalue weighted by Crippen LogP contribution is 2.30. The van der Waals surface area contributed by atoms with E-state index in [4.69, 9.17) is 4.74 Å². The van der Waals surface area contributed by atoms with Crippen LogP contribution >= 0.6 is 0 Å². The molecule has 0 spiro atoms. The normalized spacial score (nSPS) is 22.2. The molecule has 2 unspecified atom stereocenters. The van der Waals surface area contributed by atoms with E-state index >= 15 is 0 Å². The summed E-state index contributed by atoms with van der Waals surface area (Å²) in [5, 5.41) is 2.51. The molecule has 1 aromatic rings. The molecule has 1 aliphatic heterocycles. The summed E-state index contributed by atoms with van der Waals surface area (Å²) < 4.78 is 31.2. The number of benzene rings is 1. The van der Waals surface area contributed by atoms with E-state index in [9.17, 15) is 18.4 Å². The second-order valence-electron chi connectivity index (χ2n) is 4.28. The Morgan fingerprint density at radius 1 is 1.37 bits per heavy atom. The average molecular weight is 269 g/mol. The predicted molar refractivity (Wildman–Crippen MR) is 62.2 cm³/mol. The summed E-state index contributed by atoms with van der Waals surface area (Å²) in [5.74, 6) is -4.30. The lowest BCUT2D eigenvalue weighted by Crippen LogP contribution is -2.29. The molecule has 0 aliphatic carbocycles. The molecule has 2 rings (SSSR count). The van der Waals surface area contributed by atoms with Gasteiger partial charge in [-0.05, 0) is 24.6 Å². The molecule has 4 nitrogen and oxygen atoms in total. The third-order valence-corrected chi connectivity index (χ3v) is 3.03. The third kappa shape index (κ3) is 2.72. The maximum absolute atomic E-state index is 13.2. The molecule has 0 saturated carbocycles. The lowest BCUT2D eigenvalue weighted by molar-refractivity contribution is -0.151. The zero-order valence-corrected chi connectivity index (χ0v) is 10.3. The first kappa shape index (κ1) is 13.5. The van der Waals surface area contributed by atoms with Crippen LogP contribution in [0.15, 0.2) is 18.2 Å². The number of rotatable bonds is 3. The Morgan fingerprint density at radius 2 is 2.00 bits per heavy atom. The fraction of sp³-hybridized carbons (Fsp3) is 0.385. The Bertz CT molecular complexity index is 498. The minimum absolute atomic E-state index is 0.146. The van der Waals surface area contributed by atoms with E-state index in [0.29, 0.717) is 0 Å². The van der Waals surface area contributed by atoms with E-state index in [0.717, 1.165) is 18.2 Å². The molecule has 102 valence electrons. The van der Waals surface area contributed by atoms with Crippen molar-refractivity contribution in [1.29, 1.82) is 0 Å². The number of halogens is 2. The molecular weight excluding hydrogens is 256 g/mol. The van der Waals surface area contributed by atoms with Gasteiger partial charge >= 0.3 is 5.97 Å². The van der Waals surface area contributed by atoms with E-state index in [1.807, 2.05) is 0 Å². The monoisotopic (exact) mass is 269 g/mol. The lowest BCUT2D eigenvalue weighted by Gasteiger charge is -2.16. The molecule has 0 bridgehead atoms. The van der Waals surface area contributed by atoms with Crippen LogP contribution in [-0.2, 0) is 14.3 Å². The maximum Gasteiger partial charge on any atom is 0.319 e. The second kappa shape index (κ2) is 5.34. The van der Waals surface area contributed by atoms with Gasteiger partial charge in [0.25, 0.3) is 0 Å². The molecule has 1 aromatic carbocycles. The summed E-state index contributed by atoms with van der Waals surface area (Å²) in [6.07, 6.45) is 0. The van der Waals surface area contributed by atoms with Crippen molar-refractivity contribution in [3.8, 4) is 0 Å². The standard InChI is InChI=1S/C13H13F2NO3/c1-2-19-13(18)11-10(6-16-12(11)17)7-3-8(14)5-9(15)4-7/h3-5,10-11H,2,6H2,1H3,(H,16,17). The van der Waals surface area contributed by atoms with Gasteiger partial charge in [0, 0.05) is 18.5 Å². The van der Waals surface area contributed by atoms with Gasteiger partial charge in [0.15, 0.2) is 0 Å². The van der Waals surface area contributed by atoms with Crippen LogP contribution in [0.4, 0.5) is 8.78 Å². The van der Waals surface area contributed by atoms with Gasteiger partial charge in [-0.3, -0.25) is 9.59 Å². The van der Waals surface area contributed by atoms with E-state index in [-0.39, 0.29) is 18.7 Å². The highest BCUT2D eigenvalue weighted by Gasteiger charge is 2.42. The van der Waals surface area contributed by atoms with Crippen molar-refractivity contribution in [3.05, 3.63) is 35.4 Å². The molecule has 1 aliphatic rings. The topological polar surface area (TPSA) is 55.4 Å². The number of esters is 1. The molecule has 6 heteroatoms. The number of ether oxygens (including phenoxy) is 1. The van der Waals surface area contributed by atoms with Crippen molar-refractivity contribution in [2.24, 2.45) is 5.92 Å². The number of nitrogens with one attached hydrogen (secondary N) is 1. The van der Waals surface area contributed by atoms with Crippen LogP contribution in [0, 0.1) is 17.6 Å². The van der Waals surface area contributed by atoms with Crippen molar-refractivity contribution in [2.75, 3.05) is 13.2 Å². The quantitative estimate of drug-likeness (QED) is 0.666. The smallest absolute Gasteiger partial charge is 0.319 e. The van der Waals surface area contributed by atoms with Crippen LogP contribution in [0.5, 0.6) is 0 Å². The Morgan fingerprint density at radius 3 is 2.58 bits per heavy atom. The number of carbonyl (C=O) groups is 2. The minimum atomic E-state index is -1.05. The van der Waals surface area contributed by atoms with E-state index in [1.54, 1.807) is 6.92 Å². The van der Waals surface area contributed by atoms with Gasteiger partial charge in [-0.2, -0.15) is 0 Å². The fourth-order valence-electron chi connectivity index (χ4n) is 2.22. The largest absolute Gasteiger partial charge is 0.465 e. The molecule has 0 aromatic heterocycles. The highest BCUT2D eigenvalue weighted by molar-refractivity contribution is 6.00. The van der Waals surface area contributed by atoms with Gasteiger partial charge in [-0.25, -0.2) is 8.78 Å². The first-order valence-electron chi connectivity index (χ1n) is 5.93. The van der Waals surface area contributed by atoms with E-state index in [1.165, 1.54) is 0 Å². The summed E-state index contributed by atoms with van der Waals surface area (Å²) in [5.41, 5.74) is 0.272. The van der Waals surface area contributed by atoms with Gasteiger partial charge in [-0.15, -0.1) is 0 Å². The van der Waals surface area contributed by atoms with Crippen molar-refractivity contribution < 1.29 is 23.1 Å². The summed E-state index contributed by atoms with van der Waals surface area (Å²) in [7, 11) is 0. The molecule has 1 heterocycles. The second-order valence-corrected chi connectivity index (χ2v) is 4.28. The fourth-order valence-corrected chi connectivity index (χ4v) is 2.22. The van der Waals surface area contributed by atoms with Crippen molar-refractivity contribution in [1.82, 2.24) is 5.32 Å². The first-order valence-corrected chi connectivity index (χ1v) is 5.93. The Labute approximate surface area is 108 Å². The molecule has 19 heavy (non-hydrogen) atoms. The van der Waals surface area contributed by atoms with Crippen LogP contribution in [0.3, 0.4) is 0 Å². The summed E-state index contributed by atoms with van der Waals surface area (Å²) >= 11 is 0. The van der Waals surface area contributed by atoms with Crippen LogP contribution in [-0.4, -0.2) is 25.0 Å². The predicted octanol–water partition coefficient (Wildman–Crippen LogP) is 1.36. The van der Waals surface area contributed by atoms with Crippen LogP contribution in [0.1, 0.15) is 18.4 Å². The van der Waals surface area contributed by atoms with E-state index < -0.39 is 35.3 Å². The van der Waals surface area contributed by atoms with Crippen molar-refractivity contribution in [3.63, 3.8) is 0 Å². The van der Waals surface area contributed by atoms with Gasteiger partial charge < -0.3 is 10.1 Å². The maximum atomic E-state index is 13.2. The highest BCUT2D eigenvalue weighted by atomic mass is 19.1. The molecule has 0 radical (unpaired) electrons. The van der Waals surface area contributed by atoms with Gasteiger partial charge in [-0.1, -0.05) is 0 Å². The lowest BCUT2D eigenvalue weighted by atomic mass is 9.88. The summed E-state index contributed by atoms with van der Waals surface area (Å²) in [4.78, 5) is 23.4. The Hall–Kier alpha value is -1.98. The van der Waals surface area contributed by atoms with Gasteiger partial charge in [0.1, 0.15) is 17.6 Å². The molecule has 1 saturated heterocycles. The Balaban J connectivity index is 2.31. The number of amides is 1. The van der Waals surface area contributed by atoms with Crippen LogP contribution in [0.25, 0.3) is 0 Å². The number of carbonyl (C=O) groups excluding carboxylic acids is 2. The van der Waals surface area contributed by atoms with Crippen LogP contribution in [0.2, 0.25) is 0 Å². The molecule has 1 N–H and O–H groups in total. The van der Waals surface area contributed by atoms with Gasteiger partial charge in [0.05, 0.1) is 6.61 Å². The Kier molecular flexibility index (Phi) is 3.78. The average Bonchev–Trinajstić information content (AvgIpc) is 2.70. The molecule has 1 amide bonds. The van der Waals surface area contributed by atoms with Crippen molar-refractivity contribution >= 4 is 11.9 Å². The number of hydrogen-bond acceptors (Lipinski definition) is 3. The summed E-state index contributed by atoms with van der Waals surface area (Å²) in [6.45, 7) is 1.93. The van der Waals surface area contributed by atoms with Crippen molar-refractivity contribution in [2.45, 2.75) is 12.8 Å². The number of hydrogen-bond donors (Lipinski definition) is 1. The molecule has 1 fully saturated rings.